The quantitative estimate of drug-likeness (QED) is 0.654. The molecule has 10 heteroatoms. The van der Waals surface area contributed by atoms with Gasteiger partial charge < -0.3 is 16.2 Å². The molecule has 0 amide bonds. The van der Waals surface area contributed by atoms with Gasteiger partial charge in [-0.25, -0.2) is 4.99 Å². The van der Waals surface area contributed by atoms with E-state index in [0.717, 1.165) is 32.1 Å². The number of ether oxygens (including phenoxy) is 1. The van der Waals surface area contributed by atoms with E-state index in [9.17, 15) is 13.2 Å². The van der Waals surface area contributed by atoms with Gasteiger partial charge in [0.1, 0.15) is 11.4 Å². The summed E-state index contributed by atoms with van der Waals surface area (Å²) in [5, 5.41) is 0. The minimum absolute atomic E-state index is 0.127. The maximum absolute atomic E-state index is 12.4. The van der Waals surface area contributed by atoms with Crippen LogP contribution in [-0.4, -0.2) is 23.9 Å². The lowest BCUT2D eigenvalue weighted by Gasteiger charge is -2.46. The third kappa shape index (κ3) is 3.77. The molecule has 1 fully saturated rings. The van der Waals surface area contributed by atoms with Gasteiger partial charge >= 0.3 is 6.36 Å². The summed E-state index contributed by atoms with van der Waals surface area (Å²) in [7, 11) is 0. The molecule has 25 heavy (non-hydrogen) atoms. The Bertz CT molecular complexity index is 728. The van der Waals surface area contributed by atoms with Gasteiger partial charge in [0.25, 0.3) is 0 Å². The summed E-state index contributed by atoms with van der Waals surface area (Å²) in [6.45, 7) is 0. The largest absolute Gasteiger partial charge is 0.573 e. The zero-order valence-corrected chi connectivity index (χ0v) is 15.3. The predicted octanol–water partition coefficient (Wildman–Crippen LogP) is 3.30. The third-order valence-electron chi connectivity index (χ3n) is 4.25. The molecule has 4 N–H and O–H groups in total. The van der Waals surface area contributed by atoms with Crippen LogP contribution in [0.5, 0.6) is 5.75 Å². The molecule has 0 bridgehead atoms. The fourth-order valence-corrected chi connectivity index (χ4v) is 4.06. The standard InChI is InChI=1S/C15H17F3IN5O/c16-15(17,18)25-9-4-5-11(10(19)8-9)24-13(21)22-12(20)23-14(24)6-2-1-3-7-14/h4-5,8H,1-3,6-7H2,(H4,20,21,22,23). The number of rotatable bonds is 2. The van der Waals surface area contributed by atoms with Crippen LogP contribution in [0.2, 0.25) is 0 Å². The van der Waals surface area contributed by atoms with Crippen LogP contribution < -0.4 is 21.1 Å². The van der Waals surface area contributed by atoms with Crippen LogP contribution in [0.4, 0.5) is 18.9 Å². The molecule has 0 unspecified atom stereocenters. The highest BCUT2D eigenvalue weighted by Crippen LogP contribution is 2.41. The molecule has 6 nitrogen and oxygen atoms in total. The first-order chi connectivity index (χ1) is 11.7. The lowest BCUT2D eigenvalue weighted by Crippen LogP contribution is -2.58. The van der Waals surface area contributed by atoms with E-state index in [-0.39, 0.29) is 17.7 Å². The molecule has 136 valence electrons. The van der Waals surface area contributed by atoms with E-state index in [4.69, 9.17) is 11.5 Å². The highest BCUT2D eigenvalue weighted by molar-refractivity contribution is 14.1. The Balaban J connectivity index is 2.00. The minimum Gasteiger partial charge on any atom is -0.406 e. The summed E-state index contributed by atoms with van der Waals surface area (Å²) in [6, 6.07) is 4.12. The van der Waals surface area contributed by atoms with Crippen molar-refractivity contribution < 1.29 is 17.9 Å². The number of hydrogen-bond acceptors (Lipinski definition) is 6. The normalized spacial score (nSPS) is 20.2. The first-order valence-corrected chi connectivity index (χ1v) is 8.83. The van der Waals surface area contributed by atoms with Crippen molar-refractivity contribution in [3.05, 3.63) is 21.8 Å². The fourth-order valence-electron chi connectivity index (χ4n) is 3.34. The molecule has 1 aliphatic heterocycles. The Morgan fingerprint density at radius 3 is 2.44 bits per heavy atom. The Morgan fingerprint density at radius 1 is 1.16 bits per heavy atom. The second kappa shape index (κ2) is 6.54. The molecule has 0 atom stereocenters. The molecule has 1 aliphatic carbocycles. The van der Waals surface area contributed by atoms with E-state index in [1.165, 1.54) is 12.1 Å². The van der Waals surface area contributed by atoms with E-state index in [0.29, 0.717) is 9.26 Å². The molecule has 0 saturated heterocycles. The van der Waals surface area contributed by atoms with Crippen LogP contribution in [0.3, 0.4) is 0 Å². The second-order valence-electron chi connectivity index (χ2n) is 5.98. The monoisotopic (exact) mass is 467 g/mol. The van der Waals surface area contributed by atoms with Gasteiger partial charge in [-0.05, 0) is 66.5 Å². The topological polar surface area (TPSA) is 89.2 Å². The number of guanidine groups is 2. The van der Waals surface area contributed by atoms with E-state index < -0.39 is 12.0 Å². The molecule has 1 saturated carbocycles. The van der Waals surface area contributed by atoms with E-state index in [1.54, 1.807) is 11.0 Å². The highest BCUT2D eigenvalue weighted by Gasteiger charge is 2.43. The van der Waals surface area contributed by atoms with Crippen molar-refractivity contribution in [2.75, 3.05) is 4.90 Å². The number of aliphatic imine (C=N–C) groups is 2. The highest BCUT2D eigenvalue weighted by atomic mass is 127. The Labute approximate surface area is 156 Å². The lowest BCUT2D eigenvalue weighted by molar-refractivity contribution is -0.274. The van der Waals surface area contributed by atoms with Crippen molar-refractivity contribution in [2.24, 2.45) is 21.5 Å². The molecule has 1 heterocycles. The zero-order chi connectivity index (χ0) is 18.2. The van der Waals surface area contributed by atoms with Crippen LogP contribution in [0.15, 0.2) is 28.2 Å². The minimum atomic E-state index is -4.74. The van der Waals surface area contributed by atoms with Gasteiger partial charge in [0.05, 0.1) is 5.69 Å². The number of hydrogen-bond donors (Lipinski definition) is 2. The van der Waals surface area contributed by atoms with Crippen molar-refractivity contribution in [3.63, 3.8) is 0 Å². The Morgan fingerprint density at radius 2 is 1.84 bits per heavy atom. The van der Waals surface area contributed by atoms with Crippen molar-refractivity contribution in [2.45, 2.75) is 44.1 Å². The molecule has 0 radical (unpaired) electrons. The van der Waals surface area contributed by atoms with Crippen LogP contribution in [0, 0.1) is 3.57 Å². The Hall–Kier alpha value is -1.72. The maximum atomic E-state index is 12.4. The molecule has 1 spiro atoms. The average molecular weight is 467 g/mol. The van der Waals surface area contributed by atoms with E-state index >= 15 is 0 Å². The predicted molar refractivity (Wildman–Crippen MR) is 97.4 cm³/mol. The van der Waals surface area contributed by atoms with Crippen LogP contribution >= 0.6 is 22.6 Å². The van der Waals surface area contributed by atoms with Gasteiger partial charge in [0, 0.05) is 3.57 Å². The summed E-state index contributed by atoms with van der Waals surface area (Å²) in [4.78, 5) is 10.4. The average Bonchev–Trinajstić information content (AvgIpc) is 2.48. The van der Waals surface area contributed by atoms with Gasteiger partial charge in [0.15, 0.2) is 0 Å². The first-order valence-electron chi connectivity index (χ1n) is 7.75. The van der Waals surface area contributed by atoms with Crippen molar-refractivity contribution >= 4 is 40.2 Å². The lowest BCUT2D eigenvalue weighted by atomic mass is 9.87. The molecular weight excluding hydrogens is 450 g/mol. The number of nitrogens with zero attached hydrogens (tertiary/aromatic N) is 3. The second-order valence-corrected chi connectivity index (χ2v) is 7.14. The van der Waals surface area contributed by atoms with Crippen molar-refractivity contribution in [1.82, 2.24) is 0 Å². The van der Waals surface area contributed by atoms with Crippen molar-refractivity contribution in [1.29, 1.82) is 0 Å². The molecule has 1 aromatic rings. The number of alkyl halides is 3. The summed E-state index contributed by atoms with van der Waals surface area (Å²) in [5.41, 5.74) is 11.9. The van der Waals surface area contributed by atoms with Gasteiger partial charge in [-0.2, -0.15) is 4.99 Å². The smallest absolute Gasteiger partial charge is 0.406 e. The summed E-state index contributed by atoms with van der Waals surface area (Å²) in [6.07, 6.45) is -0.211. The van der Waals surface area contributed by atoms with Gasteiger partial charge in [-0.15, -0.1) is 13.2 Å². The molecule has 3 rings (SSSR count). The summed E-state index contributed by atoms with van der Waals surface area (Å²) < 4.78 is 41.8. The van der Waals surface area contributed by atoms with Gasteiger partial charge in [-0.1, -0.05) is 6.42 Å². The van der Waals surface area contributed by atoms with E-state index in [2.05, 4.69) is 14.7 Å². The SMILES string of the molecule is NC1=NC2(CCCCC2)N(c2ccc(OC(F)(F)F)cc2I)C(N)=N1. The maximum Gasteiger partial charge on any atom is 0.573 e. The number of anilines is 1. The molecular formula is C15H17F3IN5O. The van der Waals surface area contributed by atoms with Crippen LogP contribution in [0.1, 0.15) is 32.1 Å². The third-order valence-corrected chi connectivity index (χ3v) is 5.11. The fraction of sp³-hybridized carbons (Fsp3) is 0.467. The Kier molecular flexibility index (Phi) is 4.73. The number of halogens is 4. The van der Waals surface area contributed by atoms with Gasteiger partial charge in [0.2, 0.25) is 11.9 Å². The van der Waals surface area contributed by atoms with Crippen LogP contribution in [-0.2, 0) is 0 Å². The molecule has 0 aromatic heterocycles. The van der Waals surface area contributed by atoms with Gasteiger partial charge in [-0.3, -0.25) is 4.90 Å². The number of benzene rings is 1. The molecule has 2 aliphatic rings. The van der Waals surface area contributed by atoms with E-state index in [1.807, 2.05) is 22.6 Å². The zero-order valence-electron chi connectivity index (χ0n) is 13.2. The van der Waals surface area contributed by atoms with Crippen molar-refractivity contribution in [3.8, 4) is 5.75 Å². The summed E-state index contributed by atoms with van der Waals surface area (Å²) in [5.74, 6) is 0.0355. The first kappa shape index (κ1) is 18.1. The summed E-state index contributed by atoms with van der Waals surface area (Å²) >= 11 is 1.96. The van der Waals surface area contributed by atoms with Crippen LogP contribution in [0.25, 0.3) is 0 Å². The number of nitrogens with two attached hydrogens (primary N) is 2. The molecule has 1 aromatic carbocycles.